The molecule has 0 aromatic heterocycles. The number of hydrogen-bond donors (Lipinski definition) is 2. The van der Waals surface area contributed by atoms with E-state index >= 15 is 0 Å². The Kier molecular flexibility index (Phi) is 5.67. The Morgan fingerprint density at radius 1 is 1.13 bits per heavy atom. The van der Waals surface area contributed by atoms with Gasteiger partial charge in [0.15, 0.2) is 0 Å². The highest BCUT2D eigenvalue weighted by Gasteiger charge is 2.48. The van der Waals surface area contributed by atoms with Crippen LogP contribution in [0.5, 0.6) is 0 Å². The molecule has 1 fully saturated rings. The lowest BCUT2D eigenvalue weighted by Gasteiger charge is -2.45. The Bertz CT molecular complexity index is 1000. The average Bonchev–Trinajstić information content (AvgIpc) is 3.59. The van der Waals surface area contributed by atoms with Crippen molar-refractivity contribution in [1.82, 2.24) is 5.32 Å². The van der Waals surface area contributed by atoms with Crippen molar-refractivity contribution >= 4 is 23.7 Å². The van der Waals surface area contributed by atoms with Gasteiger partial charge < -0.3 is 20.1 Å². The van der Waals surface area contributed by atoms with Crippen LogP contribution in [0.2, 0.25) is 0 Å². The third kappa shape index (κ3) is 4.26. The maximum atomic E-state index is 12.6. The summed E-state index contributed by atoms with van der Waals surface area (Å²) in [4.78, 5) is 38.5. The number of carbonyl (C=O) groups is 3. The van der Waals surface area contributed by atoms with Gasteiger partial charge in [0, 0.05) is 24.6 Å². The van der Waals surface area contributed by atoms with Crippen molar-refractivity contribution in [3.63, 3.8) is 0 Å². The van der Waals surface area contributed by atoms with E-state index in [1.807, 2.05) is 37.3 Å². The molecule has 2 N–H and O–H groups in total. The summed E-state index contributed by atoms with van der Waals surface area (Å²) in [5.41, 5.74) is 2.27. The molecule has 2 aromatic carbocycles. The van der Waals surface area contributed by atoms with Crippen molar-refractivity contribution in [2.45, 2.75) is 45.4 Å². The van der Waals surface area contributed by atoms with Gasteiger partial charge in [0.25, 0.3) is 0 Å². The van der Waals surface area contributed by atoms with Crippen molar-refractivity contribution in [1.29, 1.82) is 0 Å². The highest BCUT2D eigenvalue weighted by molar-refractivity contribution is 5.96. The number of nitrogens with zero attached hydrogens (tertiary/aromatic N) is 1. The van der Waals surface area contributed by atoms with Crippen molar-refractivity contribution in [2.75, 3.05) is 4.90 Å². The van der Waals surface area contributed by atoms with E-state index in [1.165, 1.54) is 13.0 Å². The van der Waals surface area contributed by atoms with Gasteiger partial charge in [-0.15, -0.1) is 0 Å². The first-order valence-electron chi connectivity index (χ1n) is 10.5. The van der Waals surface area contributed by atoms with Crippen LogP contribution in [-0.2, 0) is 16.1 Å². The third-order valence-corrected chi connectivity index (χ3v) is 6.16. The minimum atomic E-state index is -1.06. The van der Waals surface area contributed by atoms with Crippen LogP contribution < -0.4 is 10.2 Å². The van der Waals surface area contributed by atoms with Crippen LogP contribution in [0.1, 0.15) is 54.2 Å². The Morgan fingerprint density at radius 2 is 1.84 bits per heavy atom. The van der Waals surface area contributed by atoms with Crippen LogP contribution >= 0.6 is 0 Å². The summed E-state index contributed by atoms with van der Waals surface area (Å²) >= 11 is 0. The molecule has 1 saturated carbocycles. The highest BCUT2D eigenvalue weighted by Crippen LogP contribution is 2.49. The molecule has 1 aliphatic carbocycles. The van der Waals surface area contributed by atoms with Crippen molar-refractivity contribution in [3.8, 4) is 0 Å². The Morgan fingerprint density at radius 3 is 2.45 bits per heavy atom. The first-order chi connectivity index (χ1) is 14.9. The van der Waals surface area contributed by atoms with Crippen LogP contribution in [0, 0.1) is 11.8 Å². The van der Waals surface area contributed by atoms with E-state index in [-0.39, 0.29) is 30.0 Å². The summed E-state index contributed by atoms with van der Waals surface area (Å²) in [5, 5.41) is 12.4. The smallest absolute Gasteiger partial charge is 0.407 e. The normalized spacial score (nSPS) is 22.4. The van der Waals surface area contributed by atoms with Gasteiger partial charge in [-0.1, -0.05) is 37.3 Å². The molecule has 7 nitrogen and oxygen atoms in total. The summed E-state index contributed by atoms with van der Waals surface area (Å²) < 4.78 is 5.41. The summed E-state index contributed by atoms with van der Waals surface area (Å²) in [6, 6.07) is 13.6. The molecule has 1 unspecified atom stereocenters. The van der Waals surface area contributed by atoms with Crippen molar-refractivity contribution < 1.29 is 24.2 Å². The summed E-state index contributed by atoms with van der Waals surface area (Å²) in [5.74, 6) is -0.870. The maximum Gasteiger partial charge on any atom is 0.407 e. The fourth-order valence-electron chi connectivity index (χ4n) is 4.59. The lowest BCUT2D eigenvalue weighted by molar-refractivity contribution is -0.117. The second-order valence-corrected chi connectivity index (χ2v) is 8.34. The number of rotatable bonds is 5. The highest BCUT2D eigenvalue weighted by atomic mass is 16.5. The Balaban J connectivity index is 1.64. The lowest BCUT2D eigenvalue weighted by atomic mass is 9.79. The van der Waals surface area contributed by atoms with Crippen LogP contribution in [0.15, 0.2) is 48.5 Å². The molecule has 2 aliphatic rings. The zero-order valence-electron chi connectivity index (χ0n) is 17.6. The zero-order valence-corrected chi connectivity index (χ0v) is 17.6. The van der Waals surface area contributed by atoms with E-state index < -0.39 is 18.1 Å². The number of carboxylic acid groups (broad SMARTS) is 1. The Labute approximate surface area is 181 Å². The molecular weight excluding hydrogens is 396 g/mol. The number of alkyl carbamates (subject to hydrolysis) is 1. The van der Waals surface area contributed by atoms with Gasteiger partial charge in [-0.05, 0) is 48.1 Å². The number of aromatic carboxylic acids is 1. The molecule has 0 saturated heterocycles. The predicted octanol–water partition coefficient (Wildman–Crippen LogP) is 4.13. The monoisotopic (exact) mass is 422 g/mol. The third-order valence-electron chi connectivity index (χ3n) is 6.16. The molecule has 7 heteroatoms. The molecule has 3 atom stereocenters. The average molecular weight is 422 g/mol. The summed E-state index contributed by atoms with van der Waals surface area (Å²) in [7, 11) is 0. The number of ether oxygens (including phenoxy) is 1. The molecule has 0 spiro atoms. The van der Waals surface area contributed by atoms with Crippen LogP contribution in [0.25, 0.3) is 0 Å². The summed E-state index contributed by atoms with van der Waals surface area (Å²) in [6.45, 7) is 3.66. The zero-order chi connectivity index (χ0) is 22.1. The van der Waals surface area contributed by atoms with Gasteiger partial charge in [0.05, 0.1) is 11.6 Å². The van der Waals surface area contributed by atoms with Crippen LogP contribution in [0.4, 0.5) is 10.5 Å². The fourth-order valence-corrected chi connectivity index (χ4v) is 4.59. The summed E-state index contributed by atoms with van der Waals surface area (Å²) in [6.07, 6.45) is 1.50. The molecule has 0 radical (unpaired) electrons. The van der Waals surface area contributed by atoms with Gasteiger partial charge in [-0.2, -0.15) is 0 Å². The number of anilines is 1. The van der Waals surface area contributed by atoms with E-state index in [0.717, 1.165) is 18.4 Å². The van der Waals surface area contributed by atoms with Gasteiger partial charge in [-0.25, -0.2) is 9.59 Å². The largest absolute Gasteiger partial charge is 0.478 e. The predicted molar refractivity (Wildman–Crippen MR) is 115 cm³/mol. The van der Waals surface area contributed by atoms with Gasteiger partial charge in [0.1, 0.15) is 6.61 Å². The van der Waals surface area contributed by atoms with Gasteiger partial charge in [-0.3, -0.25) is 4.79 Å². The molecule has 2 aromatic rings. The molecule has 162 valence electrons. The fraction of sp³-hybridized carbons (Fsp3) is 0.375. The standard InChI is InChI=1S/C24H26N2O5/c1-14-21(25-24(30)31-13-16-6-4-3-5-7-16)19-12-18(23(28)29)10-11-20(19)26(15(2)27)22(14)17-8-9-17/h3-7,10-12,14,17,21-22H,8-9,13H2,1-2H3,(H,25,30)(H,28,29)/t14-,21?,22-/m1/s1. The van der Waals surface area contributed by atoms with Gasteiger partial charge >= 0.3 is 12.1 Å². The molecular formula is C24H26N2O5. The second-order valence-electron chi connectivity index (χ2n) is 8.34. The molecule has 1 heterocycles. The van der Waals surface area contributed by atoms with E-state index in [1.54, 1.807) is 17.0 Å². The van der Waals surface area contributed by atoms with Crippen LogP contribution in [0.3, 0.4) is 0 Å². The number of benzene rings is 2. The van der Waals surface area contributed by atoms with Crippen LogP contribution in [-0.4, -0.2) is 29.1 Å². The number of nitrogens with one attached hydrogen (secondary N) is 1. The number of hydrogen-bond acceptors (Lipinski definition) is 4. The lowest BCUT2D eigenvalue weighted by Crippen LogP contribution is -2.53. The number of carbonyl (C=O) groups excluding carboxylic acids is 2. The van der Waals surface area contributed by atoms with E-state index in [9.17, 15) is 19.5 Å². The van der Waals surface area contributed by atoms with E-state index in [0.29, 0.717) is 17.2 Å². The minimum Gasteiger partial charge on any atom is -0.478 e. The SMILES string of the molecule is CC(=O)N1c2ccc(C(=O)O)cc2C(NC(=O)OCc2ccccc2)[C@@H](C)[C@@H]1C1CC1. The Hall–Kier alpha value is -3.35. The molecule has 31 heavy (non-hydrogen) atoms. The topological polar surface area (TPSA) is 95.9 Å². The van der Waals surface area contributed by atoms with Gasteiger partial charge in [0.2, 0.25) is 5.91 Å². The number of fused-ring (bicyclic) bond motifs is 1. The maximum absolute atomic E-state index is 12.6. The molecule has 2 amide bonds. The second kappa shape index (κ2) is 8.41. The van der Waals surface area contributed by atoms with E-state index in [4.69, 9.17) is 4.74 Å². The minimum absolute atomic E-state index is 0.0555. The first kappa shape index (κ1) is 20.9. The molecule has 0 bridgehead atoms. The molecule has 1 aliphatic heterocycles. The van der Waals surface area contributed by atoms with E-state index in [2.05, 4.69) is 5.32 Å². The molecule has 4 rings (SSSR count). The van der Waals surface area contributed by atoms with Crippen molar-refractivity contribution in [2.24, 2.45) is 11.8 Å². The number of carboxylic acids is 1. The first-order valence-corrected chi connectivity index (χ1v) is 10.5. The number of amides is 2. The quantitative estimate of drug-likeness (QED) is 0.755. The van der Waals surface area contributed by atoms with Crippen molar-refractivity contribution in [3.05, 3.63) is 65.2 Å².